The molecule has 2 heteroatoms. The molecule has 0 heterocycles. The summed E-state index contributed by atoms with van der Waals surface area (Å²) in [5, 5.41) is 21.9. The van der Waals surface area contributed by atoms with E-state index in [4.69, 9.17) is 0 Å². The zero-order valence-electron chi connectivity index (χ0n) is 19.0. The predicted octanol–water partition coefficient (Wildman–Crippen LogP) is 7.28. The molecule has 0 aliphatic heterocycles. The van der Waals surface area contributed by atoms with Gasteiger partial charge in [-0.3, -0.25) is 0 Å². The van der Waals surface area contributed by atoms with E-state index in [1.54, 1.807) is 0 Å². The first-order chi connectivity index (χ1) is 14.0. The van der Waals surface area contributed by atoms with E-state index in [0.717, 1.165) is 86.5 Å². The molecule has 0 amide bonds. The minimum atomic E-state index is 0.425. The summed E-state index contributed by atoms with van der Waals surface area (Å²) in [4.78, 5) is 0. The van der Waals surface area contributed by atoms with Crippen LogP contribution in [0.1, 0.15) is 99.6 Å². The van der Waals surface area contributed by atoms with Gasteiger partial charge in [-0.25, -0.2) is 0 Å². The molecular formula is C27H40O2. The van der Waals surface area contributed by atoms with Crippen LogP contribution in [-0.4, -0.2) is 10.2 Å². The Labute approximate surface area is 178 Å². The molecule has 0 unspecified atom stereocenters. The highest BCUT2D eigenvalue weighted by Crippen LogP contribution is 2.34. The molecule has 0 spiro atoms. The largest absolute Gasteiger partial charge is 0.507 e. The van der Waals surface area contributed by atoms with E-state index < -0.39 is 0 Å². The summed E-state index contributed by atoms with van der Waals surface area (Å²) < 4.78 is 0. The fraction of sp³-hybridized carbons (Fsp3) is 0.556. The number of aromatic hydroxyl groups is 2. The lowest BCUT2D eigenvalue weighted by Gasteiger charge is -2.16. The Morgan fingerprint density at radius 3 is 1.24 bits per heavy atom. The first kappa shape index (κ1) is 23.3. The van der Waals surface area contributed by atoms with Crippen molar-refractivity contribution in [1.82, 2.24) is 0 Å². The summed E-state index contributed by atoms with van der Waals surface area (Å²) in [5.74, 6) is 0.849. The third-order valence-corrected chi connectivity index (χ3v) is 5.71. The van der Waals surface area contributed by atoms with Crippen molar-refractivity contribution < 1.29 is 10.2 Å². The molecule has 2 nitrogen and oxygen atoms in total. The van der Waals surface area contributed by atoms with Gasteiger partial charge >= 0.3 is 0 Å². The maximum atomic E-state index is 11.0. The molecule has 160 valence electrons. The second-order valence-electron chi connectivity index (χ2n) is 8.41. The number of phenols is 2. The van der Waals surface area contributed by atoms with E-state index >= 15 is 0 Å². The molecule has 0 fully saturated rings. The van der Waals surface area contributed by atoms with Crippen molar-refractivity contribution in [3.63, 3.8) is 0 Å². The zero-order chi connectivity index (χ0) is 21.2. The smallest absolute Gasteiger partial charge is 0.122 e. The van der Waals surface area contributed by atoms with E-state index in [0.29, 0.717) is 17.9 Å². The van der Waals surface area contributed by atoms with Gasteiger partial charge in [0.1, 0.15) is 11.5 Å². The average Bonchev–Trinajstić information content (AvgIpc) is 2.70. The number of unbranched alkanes of at least 4 members (excludes halogenated alkanes) is 2. The van der Waals surface area contributed by atoms with Crippen LogP contribution in [0.3, 0.4) is 0 Å². The molecule has 2 N–H and O–H groups in total. The van der Waals surface area contributed by atoms with Crippen molar-refractivity contribution in [3.05, 3.63) is 57.6 Å². The molecule has 2 rings (SSSR count). The van der Waals surface area contributed by atoms with Crippen LogP contribution in [0.2, 0.25) is 0 Å². The van der Waals surface area contributed by atoms with Crippen molar-refractivity contribution in [3.8, 4) is 11.5 Å². The van der Waals surface area contributed by atoms with Gasteiger partial charge < -0.3 is 10.2 Å². The molecule has 0 bridgehead atoms. The number of benzene rings is 2. The van der Waals surface area contributed by atoms with Gasteiger partial charge in [-0.15, -0.1) is 0 Å². The van der Waals surface area contributed by atoms with E-state index in [9.17, 15) is 10.2 Å². The van der Waals surface area contributed by atoms with Gasteiger partial charge in [-0.05, 0) is 71.9 Å². The van der Waals surface area contributed by atoms with Gasteiger partial charge in [-0.1, -0.05) is 77.6 Å². The highest BCUT2D eigenvalue weighted by atomic mass is 16.3. The molecule has 0 aromatic heterocycles. The molecule has 0 aliphatic rings. The highest BCUT2D eigenvalue weighted by molar-refractivity contribution is 5.51. The van der Waals surface area contributed by atoms with Crippen LogP contribution in [-0.2, 0) is 32.1 Å². The minimum Gasteiger partial charge on any atom is -0.507 e. The number of hydrogen-bond acceptors (Lipinski definition) is 2. The summed E-state index contributed by atoms with van der Waals surface area (Å²) in [6.07, 6.45) is 11.1. The molecular weight excluding hydrogens is 356 g/mol. The fourth-order valence-electron chi connectivity index (χ4n) is 4.12. The SMILES string of the molecule is CCCCc1cc(CCC)cc(Cc2cc(CCC)cc(CCCC)c2O)c1O. The van der Waals surface area contributed by atoms with E-state index in [2.05, 4.69) is 52.0 Å². The number of hydrogen-bond donors (Lipinski definition) is 2. The zero-order valence-corrected chi connectivity index (χ0v) is 19.0. The van der Waals surface area contributed by atoms with Crippen molar-refractivity contribution in [1.29, 1.82) is 0 Å². The van der Waals surface area contributed by atoms with Gasteiger partial charge in [0.25, 0.3) is 0 Å². The normalized spacial score (nSPS) is 11.2. The summed E-state index contributed by atoms with van der Waals surface area (Å²) in [6.45, 7) is 8.75. The van der Waals surface area contributed by atoms with Gasteiger partial charge in [-0.2, -0.15) is 0 Å². The molecule has 0 saturated heterocycles. The Balaban J connectivity index is 2.45. The van der Waals surface area contributed by atoms with E-state index in [1.165, 1.54) is 11.1 Å². The Morgan fingerprint density at radius 1 is 0.517 bits per heavy atom. The van der Waals surface area contributed by atoms with Gasteiger partial charge in [0.05, 0.1) is 0 Å². The van der Waals surface area contributed by atoms with Crippen molar-refractivity contribution in [2.75, 3.05) is 0 Å². The predicted molar refractivity (Wildman–Crippen MR) is 124 cm³/mol. The Morgan fingerprint density at radius 2 is 0.897 bits per heavy atom. The van der Waals surface area contributed by atoms with Crippen molar-refractivity contribution >= 4 is 0 Å². The molecule has 0 aliphatic carbocycles. The van der Waals surface area contributed by atoms with Crippen molar-refractivity contribution in [2.24, 2.45) is 0 Å². The van der Waals surface area contributed by atoms with Crippen LogP contribution >= 0.6 is 0 Å². The second-order valence-corrected chi connectivity index (χ2v) is 8.41. The van der Waals surface area contributed by atoms with Crippen LogP contribution in [0.5, 0.6) is 11.5 Å². The summed E-state index contributed by atoms with van der Waals surface area (Å²) >= 11 is 0. The quantitative estimate of drug-likeness (QED) is 0.396. The first-order valence-electron chi connectivity index (χ1n) is 11.7. The van der Waals surface area contributed by atoms with Crippen molar-refractivity contribution in [2.45, 2.75) is 98.3 Å². The molecule has 2 aromatic rings. The molecule has 0 radical (unpaired) electrons. The summed E-state index contributed by atoms with van der Waals surface area (Å²) in [7, 11) is 0. The number of phenolic OH excluding ortho intramolecular Hbond substituents is 2. The highest BCUT2D eigenvalue weighted by Gasteiger charge is 2.15. The Kier molecular flexibility index (Phi) is 9.57. The van der Waals surface area contributed by atoms with Crippen LogP contribution in [0.4, 0.5) is 0 Å². The summed E-state index contributed by atoms with van der Waals surface area (Å²) in [6, 6.07) is 8.65. The Hall–Kier alpha value is -1.96. The van der Waals surface area contributed by atoms with E-state index in [-0.39, 0.29) is 0 Å². The maximum Gasteiger partial charge on any atom is 0.122 e. The van der Waals surface area contributed by atoms with Gasteiger partial charge in [0, 0.05) is 6.42 Å². The lowest BCUT2D eigenvalue weighted by Crippen LogP contribution is -2.00. The Bertz CT molecular complexity index is 711. The fourth-order valence-corrected chi connectivity index (χ4v) is 4.12. The summed E-state index contributed by atoms with van der Waals surface area (Å²) in [5.41, 5.74) is 6.61. The van der Waals surface area contributed by atoms with Crippen LogP contribution in [0, 0.1) is 0 Å². The number of aryl methyl sites for hydroxylation is 4. The van der Waals surface area contributed by atoms with Gasteiger partial charge in [0.15, 0.2) is 0 Å². The van der Waals surface area contributed by atoms with Crippen LogP contribution in [0.15, 0.2) is 24.3 Å². The monoisotopic (exact) mass is 396 g/mol. The first-order valence-corrected chi connectivity index (χ1v) is 11.7. The maximum absolute atomic E-state index is 11.0. The molecule has 2 aromatic carbocycles. The molecule has 0 atom stereocenters. The second kappa shape index (κ2) is 11.9. The van der Waals surface area contributed by atoms with E-state index in [1.807, 2.05) is 0 Å². The third kappa shape index (κ3) is 6.52. The lowest BCUT2D eigenvalue weighted by atomic mass is 9.91. The third-order valence-electron chi connectivity index (χ3n) is 5.71. The standard InChI is InChI=1S/C27H40O2/c1-5-9-13-22-15-20(11-7-3)17-24(26(22)28)19-25-18-21(12-8-4)16-23(27(25)29)14-10-6-2/h15-18,28-29H,5-14,19H2,1-4H3. The van der Waals surface area contributed by atoms with Crippen LogP contribution < -0.4 is 0 Å². The average molecular weight is 397 g/mol. The minimum absolute atomic E-state index is 0.425. The van der Waals surface area contributed by atoms with Gasteiger partial charge in [0.2, 0.25) is 0 Å². The molecule has 0 saturated carbocycles. The lowest BCUT2D eigenvalue weighted by molar-refractivity contribution is 0.454. The van der Waals surface area contributed by atoms with Crippen LogP contribution in [0.25, 0.3) is 0 Å². The topological polar surface area (TPSA) is 40.5 Å². The molecule has 29 heavy (non-hydrogen) atoms. The number of rotatable bonds is 12.